The highest BCUT2D eigenvalue weighted by Crippen LogP contribution is 2.44. The number of carbonyl (C=O) groups excluding carboxylic acids is 1. The molecule has 2 aromatic heterocycles. The van der Waals surface area contributed by atoms with Crippen LogP contribution in [-0.4, -0.2) is 98.0 Å². The Balaban J connectivity index is 0.924. The number of carbonyl (C=O) groups is 1. The highest BCUT2D eigenvalue weighted by molar-refractivity contribution is 7.90. The quantitative estimate of drug-likeness (QED) is 0.0854. The van der Waals surface area contributed by atoms with Gasteiger partial charge in [0.25, 0.3) is 21.6 Å². The second kappa shape index (κ2) is 19.0. The van der Waals surface area contributed by atoms with Crippen molar-refractivity contribution in [3.63, 3.8) is 0 Å². The zero-order valence-electron chi connectivity index (χ0n) is 37.9. The Morgan fingerprint density at radius 1 is 1.05 bits per heavy atom. The van der Waals surface area contributed by atoms with Crippen LogP contribution in [0.3, 0.4) is 0 Å². The molecule has 16 heteroatoms. The minimum Gasteiger partial charge on any atom is -0.493 e. The molecule has 4 aliphatic rings. The molecule has 9 rings (SSSR count). The minimum absolute atomic E-state index is 0.0355. The number of nitrogens with zero attached hydrogens (tertiary/aromatic N) is 5. The molecule has 2 fully saturated rings. The van der Waals surface area contributed by atoms with E-state index in [-0.39, 0.29) is 34.1 Å². The third-order valence-electron chi connectivity index (χ3n) is 13.8. The predicted molar refractivity (Wildman–Crippen MR) is 257 cm³/mol. The Hall–Kier alpha value is -5.48. The summed E-state index contributed by atoms with van der Waals surface area (Å²) in [6, 6.07) is 19.2. The Morgan fingerprint density at radius 2 is 1.85 bits per heavy atom. The molecule has 2 saturated heterocycles. The first kappa shape index (κ1) is 45.7. The second-order valence-corrected chi connectivity index (χ2v) is 21.5. The minimum atomic E-state index is -4.62. The Morgan fingerprint density at radius 3 is 2.62 bits per heavy atom. The molecule has 2 atom stereocenters. The summed E-state index contributed by atoms with van der Waals surface area (Å²) < 4.78 is 42.5. The number of pyridine rings is 1. The van der Waals surface area contributed by atoms with Crippen molar-refractivity contribution in [2.24, 2.45) is 17.3 Å². The van der Waals surface area contributed by atoms with Gasteiger partial charge in [-0.1, -0.05) is 50.1 Å². The number of nitro groups is 1. The van der Waals surface area contributed by atoms with E-state index >= 15 is 0 Å². The van der Waals surface area contributed by atoms with E-state index in [9.17, 15) is 23.3 Å². The van der Waals surface area contributed by atoms with Gasteiger partial charge in [-0.05, 0) is 123 Å². The van der Waals surface area contributed by atoms with E-state index in [4.69, 9.17) is 21.1 Å². The smallest absolute Gasteiger partial charge is 0.277 e. The molecule has 3 aliphatic heterocycles. The van der Waals surface area contributed by atoms with Crippen LogP contribution in [0, 0.1) is 27.4 Å². The molecule has 0 unspecified atom stereocenters. The maximum absolute atomic E-state index is 14.1. The summed E-state index contributed by atoms with van der Waals surface area (Å²) in [5.74, 6) is 0.369. The van der Waals surface area contributed by atoms with Crippen molar-refractivity contribution in [2.45, 2.75) is 70.6 Å². The molecule has 0 spiro atoms. The average molecular weight is 937 g/mol. The number of aromatic amines is 1. The van der Waals surface area contributed by atoms with E-state index < -0.39 is 25.7 Å². The SMILES string of the molecule is C[C@H]1CCCN(CC[C@H]2COc3cc(S(=O)(=O)NC(=O)c4ccc(N5CCN(CC6=C(c7ccc(Cl)cc7)CC(C)(C)CC6)CC5)cc4Oc4cnc5[nH]ccc5c4)cc([N+](=O)[O-])c3C2)C1. The van der Waals surface area contributed by atoms with Crippen LogP contribution in [0.2, 0.25) is 5.02 Å². The largest absolute Gasteiger partial charge is 0.493 e. The topological polar surface area (TPSA) is 163 Å². The zero-order chi connectivity index (χ0) is 46.2. The summed E-state index contributed by atoms with van der Waals surface area (Å²) in [6.07, 6.45) is 10.1. The Labute approximate surface area is 391 Å². The summed E-state index contributed by atoms with van der Waals surface area (Å²) in [4.78, 5) is 40.2. The van der Waals surface area contributed by atoms with E-state index in [0.29, 0.717) is 35.9 Å². The van der Waals surface area contributed by atoms with E-state index in [1.807, 2.05) is 18.2 Å². The van der Waals surface area contributed by atoms with Gasteiger partial charge in [-0.3, -0.25) is 19.8 Å². The fourth-order valence-electron chi connectivity index (χ4n) is 10.1. The normalized spacial score (nSPS) is 20.5. The van der Waals surface area contributed by atoms with Gasteiger partial charge in [0.05, 0.1) is 33.7 Å². The van der Waals surface area contributed by atoms with Crippen LogP contribution in [0.4, 0.5) is 11.4 Å². The van der Waals surface area contributed by atoms with Crippen LogP contribution in [-0.2, 0) is 16.4 Å². The van der Waals surface area contributed by atoms with Crippen molar-refractivity contribution in [3.05, 3.63) is 117 Å². The van der Waals surface area contributed by atoms with E-state index in [1.165, 1.54) is 35.4 Å². The molecule has 66 heavy (non-hydrogen) atoms. The standard InChI is InChI=1S/C50H58ClN7O7S/c1-33-5-4-17-55(30-33)18-14-34-23-43-45(58(60)61)26-41(27-46(43)64-32-34)66(62,63)54-49(59)42-11-10-39(25-47(42)65-40-24-36-13-16-52-48(36)53-29-40)57-21-19-56(20-22-57)31-37-12-15-50(2,3)28-44(37)35-6-8-38(51)9-7-35/h6-11,13,16,24-27,29,33-34H,4-5,12,14-15,17-23,28,30-32H2,1-3H3,(H,52,53)(H,54,59)/t33-,34+/m0/s1. The molecule has 348 valence electrons. The molecular formula is C50H58ClN7O7S. The van der Waals surface area contributed by atoms with Crippen LogP contribution in [0.15, 0.2) is 89.6 Å². The number of nitro benzene ring substituents is 1. The van der Waals surface area contributed by atoms with Gasteiger partial charge in [-0.2, -0.15) is 0 Å². The van der Waals surface area contributed by atoms with Crippen LogP contribution in [0.1, 0.15) is 80.8 Å². The number of nitrogens with one attached hydrogen (secondary N) is 2. The molecule has 0 radical (unpaired) electrons. The van der Waals surface area contributed by atoms with E-state index in [2.05, 4.69) is 62.3 Å². The molecule has 1 amide bonds. The number of ether oxygens (including phenoxy) is 2. The monoisotopic (exact) mass is 935 g/mol. The van der Waals surface area contributed by atoms with E-state index in [0.717, 1.165) is 107 Å². The third-order valence-corrected chi connectivity index (χ3v) is 15.4. The molecule has 0 saturated carbocycles. The van der Waals surface area contributed by atoms with Crippen molar-refractivity contribution >= 4 is 55.5 Å². The first-order valence-corrected chi connectivity index (χ1v) is 25.0. The Bertz CT molecular complexity index is 2770. The van der Waals surface area contributed by atoms with Crippen LogP contribution >= 0.6 is 11.6 Å². The number of anilines is 1. The second-order valence-electron chi connectivity index (χ2n) is 19.4. The number of H-pyrrole nitrogens is 1. The number of fused-ring (bicyclic) bond motifs is 2. The lowest BCUT2D eigenvalue weighted by Crippen LogP contribution is -2.47. The molecule has 3 aromatic carbocycles. The molecule has 14 nitrogen and oxygen atoms in total. The van der Waals surface area contributed by atoms with Gasteiger partial charge in [-0.15, -0.1) is 0 Å². The predicted octanol–water partition coefficient (Wildman–Crippen LogP) is 9.49. The van der Waals surface area contributed by atoms with Crippen molar-refractivity contribution in [2.75, 3.05) is 63.9 Å². The van der Waals surface area contributed by atoms with Gasteiger partial charge in [-0.25, -0.2) is 18.1 Å². The highest BCUT2D eigenvalue weighted by atomic mass is 35.5. The third kappa shape index (κ3) is 10.4. The Kier molecular flexibility index (Phi) is 13.2. The maximum Gasteiger partial charge on any atom is 0.277 e. The summed E-state index contributed by atoms with van der Waals surface area (Å²) in [6.45, 7) is 14.2. The van der Waals surface area contributed by atoms with Crippen molar-refractivity contribution < 1.29 is 27.6 Å². The number of piperidine rings is 1. The van der Waals surface area contributed by atoms with Crippen LogP contribution in [0.25, 0.3) is 16.6 Å². The number of allylic oxidation sites excluding steroid dienone is 1. The molecule has 0 bridgehead atoms. The van der Waals surface area contributed by atoms with Crippen molar-refractivity contribution in [1.29, 1.82) is 0 Å². The summed E-state index contributed by atoms with van der Waals surface area (Å²) in [5, 5.41) is 13.9. The summed E-state index contributed by atoms with van der Waals surface area (Å²) in [7, 11) is -4.62. The number of hydrogen-bond acceptors (Lipinski definition) is 11. The van der Waals surface area contributed by atoms with Crippen LogP contribution in [0.5, 0.6) is 17.2 Å². The molecule has 1 aliphatic carbocycles. The number of piperazine rings is 1. The maximum atomic E-state index is 14.1. The fraction of sp³-hybridized carbons (Fsp3) is 0.440. The van der Waals surface area contributed by atoms with Gasteiger partial charge in [0.15, 0.2) is 0 Å². The van der Waals surface area contributed by atoms with Gasteiger partial charge < -0.3 is 24.3 Å². The first-order chi connectivity index (χ1) is 31.7. The van der Waals surface area contributed by atoms with Gasteiger partial charge in [0, 0.05) is 79.8 Å². The average Bonchev–Trinajstić information content (AvgIpc) is 3.77. The summed E-state index contributed by atoms with van der Waals surface area (Å²) >= 11 is 6.26. The van der Waals surface area contributed by atoms with Crippen LogP contribution < -0.4 is 19.1 Å². The number of benzene rings is 3. The molecule has 2 N–H and O–H groups in total. The lowest BCUT2D eigenvalue weighted by atomic mass is 9.72. The molecule has 5 heterocycles. The number of sulfonamides is 1. The number of rotatable bonds is 13. The first-order valence-electron chi connectivity index (χ1n) is 23.1. The lowest BCUT2D eigenvalue weighted by molar-refractivity contribution is -0.386. The molecule has 5 aromatic rings. The number of likely N-dealkylation sites (tertiary alicyclic amines) is 1. The summed E-state index contributed by atoms with van der Waals surface area (Å²) in [5.41, 5.74) is 5.80. The number of hydrogen-bond donors (Lipinski definition) is 2. The fourth-order valence-corrected chi connectivity index (χ4v) is 11.2. The highest BCUT2D eigenvalue weighted by Gasteiger charge is 2.34. The lowest BCUT2D eigenvalue weighted by Gasteiger charge is -2.39. The molecular weight excluding hydrogens is 878 g/mol. The number of aromatic nitrogens is 2. The van der Waals surface area contributed by atoms with Crippen molar-refractivity contribution in [1.82, 2.24) is 24.5 Å². The zero-order valence-corrected chi connectivity index (χ0v) is 39.4. The number of amides is 1. The van der Waals surface area contributed by atoms with Gasteiger partial charge >= 0.3 is 0 Å². The van der Waals surface area contributed by atoms with E-state index in [1.54, 1.807) is 30.5 Å². The van der Waals surface area contributed by atoms with Crippen molar-refractivity contribution in [3.8, 4) is 17.2 Å². The van der Waals surface area contributed by atoms with Gasteiger partial charge in [0.1, 0.15) is 22.9 Å². The van der Waals surface area contributed by atoms with Gasteiger partial charge in [0.2, 0.25) is 0 Å². The number of halogens is 1.